The lowest BCUT2D eigenvalue weighted by Crippen LogP contribution is -2.36. The minimum Gasteiger partial charge on any atom is -0.452 e. The Kier molecular flexibility index (Phi) is 7.22. The number of carbonyl (C=O) groups excluding carboxylic acids is 3. The molecule has 0 aliphatic carbocycles. The van der Waals surface area contributed by atoms with Crippen LogP contribution in [-0.4, -0.2) is 33.8 Å². The van der Waals surface area contributed by atoms with Crippen LogP contribution in [0.5, 0.6) is 0 Å². The zero-order valence-corrected chi connectivity index (χ0v) is 17.4. The van der Waals surface area contributed by atoms with Gasteiger partial charge in [-0.2, -0.15) is 5.10 Å². The quantitative estimate of drug-likeness (QED) is 0.591. The number of halogens is 1. The number of esters is 1. The van der Waals surface area contributed by atoms with Crippen LogP contribution in [0.25, 0.3) is 0 Å². The number of hydrogen-bond donors (Lipinski definition) is 3. The molecule has 4 N–H and O–H groups in total. The van der Waals surface area contributed by atoms with Crippen LogP contribution in [0.15, 0.2) is 24.3 Å². The first kappa shape index (κ1) is 22.2. The molecule has 1 aromatic heterocycles. The van der Waals surface area contributed by atoms with Gasteiger partial charge in [-0.15, -0.1) is 0 Å². The molecule has 2 aromatic rings. The minimum absolute atomic E-state index is 0.241. The Hall–Kier alpha value is -3.07. The molecule has 1 heterocycles. The number of nitrogens with zero attached hydrogens (tertiary/aromatic N) is 2. The molecule has 9 nitrogen and oxygen atoms in total. The van der Waals surface area contributed by atoms with Crippen LogP contribution in [0.1, 0.15) is 36.3 Å². The first-order chi connectivity index (χ1) is 13.6. The van der Waals surface area contributed by atoms with Gasteiger partial charge in [0.2, 0.25) is 0 Å². The fraction of sp³-hybridized carbons (Fsp3) is 0.368. The average molecular weight is 422 g/mol. The van der Waals surface area contributed by atoms with Gasteiger partial charge < -0.3 is 21.1 Å². The van der Waals surface area contributed by atoms with Gasteiger partial charge in [-0.25, -0.2) is 4.79 Å². The highest BCUT2D eigenvalue weighted by molar-refractivity contribution is 6.31. The number of nitrogens with one attached hydrogen (secondary N) is 2. The molecule has 1 aromatic carbocycles. The summed E-state index contributed by atoms with van der Waals surface area (Å²) in [6, 6.07) is 5.15. The number of ether oxygens (including phenoxy) is 1. The normalized spacial score (nSPS) is 12.7. The largest absolute Gasteiger partial charge is 0.452 e. The van der Waals surface area contributed by atoms with E-state index in [1.807, 2.05) is 6.92 Å². The summed E-state index contributed by atoms with van der Waals surface area (Å²) in [5.74, 6) is -1.18. The molecule has 0 radical (unpaired) electrons. The number of primary amides is 1. The van der Waals surface area contributed by atoms with E-state index in [-0.39, 0.29) is 6.42 Å². The number of amides is 3. The summed E-state index contributed by atoms with van der Waals surface area (Å²) in [7, 11) is 1.77. The average Bonchev–Trinajstić information content (AvgIpc) is 2.87. The molecule has 10 heteroatoms. The number of benzene rings is 1. The summed E-state index contributed by atoms with van der Waals surface area (Å²) in [5, 5.41) is 9.78. The summed E-state index contributed by atoms with van der Waals surface area (Å²) in [6.45, 7) is 5.04. The maximum absolute atomic E-state index is 12.4. The van der Waals surface area contributed by atoms with E-state index in [4.69, 9.17) is 22.1 Å². The lowest BCUT2D eigenvalue weighted by molar-refractivity contribution is -0.153. The Morgan fingerprint density at radius 1 is 1.28 bits per heavy atom. The number of rotatable bonds is 7. The summed E-state index contributed by atoms with van der Waals surface area (Å²) in [4.78, 5) is 36.1. The highest BCUT2D eigenvalue weighted by atomic mass is 35.5. The molecule has 0 bridgehead atoms. The van der Waals surface area contributed by atoms with Gasteiger partial charge in [0.25, 0.3) is 5.91 Å². The smallest absolute Gasteiger partial charge is 0.312 e. The molecule has 0 fully saturated rings. The van der Waals surface area contributed by atoms with Gasteiger partial charge in [0, 0.05) is 12.1 Å². The topological polar surface area (TPSA) is 128 Å². The minimum atomic E-state index is -1.05. The van der Waals surface area contributed by atoms with E-state index in [1.165, 1.54) is 6.92 Å². The zero-order valence-electron chi connectivity index (χ0n) is 16.7. The standard InChI is InChI=1S/C19H24ClN5O4/c1-10-17(11(2)25(4)24-10)23-18(27)12(3)29-16(26)9-15(22-19(21)28)13-7-5-6-8-14(13)20/h5-8,12,15H,9H2,1-4H3,(H,23,27)(H3,21,22,28)/t12-,15-/m0/s1. The predicted molar refractivity (Wildman–Crippen MR) is 108 cm³/mol. The van der Waals surface area contributed by atoms with Crippen LogP contribution >= 0.6 is 11.6 Å². The summed E-state index contributed by atoms with van der Waals surface area (Å²) < 4.78 is 6.88. The van der Waals surface area contributed by atoms with Crippen molar-refractivity contribution in [2.24, 2.45) is 12.8 Å². The fourth-order valence-corrected chi connectivity index (χ4v) is 3.08. The molecule has 0 unspecified atom stereocenters. The zero-order chi connectivity index (χ0) is 21.7. The second-order valence-corrected chi connectivity index (χ2v) is 6.98. The Bertz CT molecular complexity index is 927. The van der Waals surface area contributed by atoms with Gasteiger partial charge in [0.05, 0.1) is 29.5 Å². The van der Waals surface area contributed by atoms with Gasteiger partial charge >= 0.3 is 12.0 Å². The third-order valence-electron chi connectivity index (χ3n) is 4.40. The lowest BCUT2D eigenvalue weighted by atomic mass is 10.0. The van der Waals surface area contributed by atoms with Crippen molar-refractivity contribution >= 4 is 35.2 Å². The summed E-state index contributed by atoms with van der Waals surface area (Å²) >= 11 is 6.15. The van der Waals surface area contributed by atoms with Gasteiger partial charge in [-0.05, 0) is 32.4 Å². The SMILES string of the molecule is Cc1nn(C)c(C)c1NC(=O)[C@H](C)OC(=O)C[C@H](NC(N)=O)c1ccccc1Cl. The van der Waals surface area contributed by atoms with E-state index >= 15 is 0 Å². The van der Waals surface area contributed by atoms with Crippen molar-refractivity contribution in [1.82, 2.24) is 15.1 Å². The van der Waals surface area contributed by atoms with Crippen molar-refractivity contribution in [3.05, 3.63) is 46.2 Å². The summed E-state index contributed by atoms with van der Waals surface area (Å²) in [6.07, 6.45) is -1.29. The number of aromatic nitrogens is 2. The van der Waals surface area contributed by atoms with Crippen molar-refractivity contribution in [3.8, 4) is 0 Å². The van der Waals surface area contributed by atoms with Crippen molar-refractivity contribution in [2.45, 2.75) is 39.3 Å². The van der Waals surface area contributed by atoms with Gasteiger partial charge in [-0.3, -0.25) is 14.3 Å². The lowest BCUT2D eigenvalue weighted by Gasteiger charge is -2.20. The van der Waals surface area contributed by atoms with Crippen LogP contribution in [0, 0.1) is 13.8 Å². The van der Waals surface area contributed by atoms with Crippen molar-refractivity contribution in [1.29, 1.82) is 0 Å². The molecule has 29 heavy (non-hydrogen) atoms. The molecule has 0 aliphatic rings. The first-order valence-corrected chi connectivity index (χ1v) is 9.28. The number of nitrogens with two attached hydrogens (primary N) is 1. The number of carbonyl (C=O) groups is 3. The Balaban J connectivity index is 2.04. The number of urea groups is 1. The van der Waals surface area contributed by atoms with Crippen molar-refractivity contribution < 1.29 is 19.1 Å². The van der Waals surface area contributed by atoms with E-state index in [1.54, 1.807) is 42.9 Å². The van der Waals surface area contributed by atoms with Crippen LogP contribution in [0.2, 0.25) is 5.02 Å². The van der Waals surface area contributed by atoms with Gasteiger partial charge in [-0.1, -0.05) is 29.8 Å². The molecular formula is C19H24ClN5O4. The molecule has 3 amide bonds. The van der Waals surface area contributed by atoms with Crippen molar-refractivity contribution in [2.75, 3.05) is 5.32 Å². The van der Waals surface area contributed by atoms with E-state index < -0.39 is 30.1 Å². The predicted octanol–water partition coefficient (Wildman–Crippen LogP) is 2.36. The Morgan fingerprint density at radius 2 is 1.93 bits per heavy atom. The van der Waals surface area contributed by atoms with Crippen LogP contribution in [0.3, 0.4) is 0 Å². The first-order valence-electron chi connectivity index (χ1n) is 8.91. The molecule has 2 rings (SSSR count). The maximum atomic E-state index is 12.4. The molecule has 0 spiro atoms. The monoisotopic (exact) mass is 421 g/mol. The third kappa shape index (κ3) is 5.71. The Morgan fingerprint density at radius 3 is 2.48 bits per heavy atom. The number of hydrogen-bond acceptors (Lipinski definition) is 5. The van der Waals surface area contributed by atoms with E-state index in [9.17, 15) is 14.4 Å². The van der Waals surface area contributed by atoms with Gasteiger partial charge in [0.1, 0.15) is 0 Å². The highest BCUT2D eigenvalue weighted by Gasteiger charge is 2.25. The third-order valence-corrected chi connectivity index (χ3v) is 4.75. The molecule has 0 aliphatic heterocycles. The van der Waals surface area contributed by atoms with E-state index in [0.717, 1.165) is 5.69 Å². The molecule has 156 valence electrons. The van der Waals surface area contributed by atoms with Crippen LogP contribution in [0.4, 0.5) is 10.5 Å². The Labute approximate surface area is 173 Å². The van der Waals surface area contributed by atoms with Crippen molar-refractivity contribution in [3.63, 3.8) is 0 Å². The molecule has 0 saturated carbocycles. The fourth-order valence-electron chi connectivity index (χ4n) is 2.81. The molecule has 2 atom stereocenters. The van der Waals surface area contributed by atoms with Gasteiger partial charge in [0.15, 0.2) is 6.10 Å². The van der Waals surface area contributed by atoms with Crippen LogP contribution in [-0.2, 0) is 21.4 Å². The molecular weight excluding hydrogens is 398 g/mol. The van der Waals surface area contributed by atoms with E-state index in [0.29, 0.717) is 22.0 Å². The highest BCUT2D eigenvalue weighted by Crippen LogP contribution is 2.25. The summed E-state index contributed by atoms with van der Waals surface area (Å²) in [5.41, 5.74) is 7.73. The molecule has 0 saturated heterocycles. The number of anilines is 1. The van der Waals surface area contributed by atoms with Crippen LogP contribution < -0.4 is 16.4 Å². The maximum Gasteiger partial charge on any atom is 0.312 e. The second kappa shape index (κ2) is 9.42. The second-order valence-electron chi connectivity index (χ2n) is 6.58. The van der Waals surface area contributed by atoms with E-state index in [2.05, 4.69) is 15.7 Å². The number of aryl methyl sites for hydroxylation is 2.